The number of carbonyl (C=O) groups is 1. The molecule has 1 N–H and O–H groups in total. The maximum absolute atomic E-state index is 12.3. The Balaban J connectivity index is 1.53. The highest BCUT2D eigenvalue weighted by Gasteiger charge is 2.13. The zero-order valence-electron chi connectivity index (χ0n) is 13.6. The molecule has 0 radical (unpaired) electrons. The van der Waals surface area contributed by atoms with Gasteiger partial charge in [-0.15, -0.1) is 11.3 Å². The molecule has 0 fully saturated rings. The number of thiazole rings is 1. The third-order valence-electron chi connectivity index (χ3n) is 4.46. The minimum Gasteiger partial charge on any atom is -0.298 e. The summed E-state index contributed by atoms with van der Waals surface area (Å²) >= 11 is 4.84. The van der Waals surface area contributed by atoms with E-state index in [9.17, 15) is 4.79 Å². The summed E-state index contributed by atoms with van der Waals surface area (Å²) in [5, 5.41) is 5.51. The van der Waals surface area contributed by atoms with Crippen molar-refractivity contribution >= 4 is 38.3 Å². The molecule has 0 aliphatic heterocycles. The van der Waals surface area contributed by atoms with Gasteiger partial charge in [-0.25, -0.2) is 4.98 Å². The number of halogens is 1. The molecule has 1 aromatic heterocycles. The van der Waals surface area contributed by atoms with E-state index in [0.29, 0.717) is 10.7 Å². The molecule has 126 valence electrons. The number of aromatic nitrogens is 1. The predicted molar refractivity (Wildman–Crippen MR) is 106 cm³/mol. The van der Waals surface area contributed by atoms with Gasteiger partial charge in [-0.2, -0.15) is 0 Å². The van der Waals surface area contributed by atoms with Crippen molar-refractivity contribution in [2.75, 3.05) is 5.32 Å². The quantitative estimate of drug-likeness (QED) is 0.598. The first-order valence-electron chi connectivity index (χ1n) is 8.34. The van der Waals surface area contributed by atoms with Crippen LogP contribution in [-0.2, 0) is 12.8 Å². The van der Waals surface area contributed by atoms with Crippen molar-refractivity contribution in [3.8, 4) is 11.3 Å². The van der Waals surface area contributed by atoms with Crippen molar-refractivity contribution in [1.82, 2.24) is 4.98 Å². The Morgan fingerprint density at radius 2 is 1.92 bits per heavy atom. The first-order valence-corrected chi connectivity index (χ1v) is 10.0. The van der Waals surface area contributed by atoms with Gasteiger partial charge in [0.1, 0.15) is 0 Å². The summed E-state index contributed by atoms with van der Waals surface area (Å²) in [6.45, 7) is 0. The second-order valence-electron chi connectivity index (χ2n) is 6.19. The number of hydrogen-bond acceptors (Lipinski definition) is 3. The first kappa shape index (κ1) is 16.5. The summed E-state index contributed by atoms with van der Waals surface area (Å²) in [6.07, 6.45) is 4.89. The summed E-state index contributed by atoms with van der Waals surface area (Å²) in [5.41, 5.74) is 5.56. The Morgan fingerprint density at radius 1 is 1.08 bits per heavy atom. The van der Waals surface area contributed by atoms with E-state index in [1.165, 1.54) is 41.7 Å². The van der Waals surface area contributed by atoms with Gasteiger partial charge in [0.2, 0.25) is 0 Å². The van der Waals surface area contributed by atoms with Crippen LogP contribution in [0.25, 0.3) is 11.3 Å². The molecule has 0 unspecified atom stereocenters. The Bertz CT molecular complexity index is 935. The molecule has 0 atom stereocenters. The average molecular weight is 413 g/mol. The number of anilines is 1. The van der Waals surface area contributed by atoms with Crippen LogP contribution in [0.2, 0.25) is 0 Å². The molecule has 1 amide bonds. The summed E-state index contributed by atoms with van der Waals surface area (Å²) < 4.78 is 0.883. The molecule has 1 heterocycles. The number of rotatable bonds is 3. The van der Waals surface area contributed by atoms with Crippen molar-refractivity contribution in [2.45, 2.75) is 25.7 Å². The van der Waals surface area contributed by atoms with Crippen LogP contribution in [0.1, 0.15) is 34.3 Å². The van der Waals surface area contributed by atoms with Crippen LogP contribution < -0.4 is 5.32 Å². The molecular formula is C20H17BrN2OS. The van der Waals surface area contributed by atoms with Crippen LogP contribution in [0.15, 0.2) is 52.3 Å². The maximum Gasteiger partial charge on any atom is 0.257 e. The summed E-state index contributed by atoms with van der Waals surface area (Å²) in [6, 6.07) is 13.9. The zero-order chi connectivity index (χ0) is 17.2. The molecule has 0 spiro atoms. The van der Waals surface area contributed by atoms with Gasteiger partial charge in [-0.1, -0.05) is 34.1 Å². The monoisotopic (exact) mass is 412 g/mol. The van der Waals surface area contributed by atoms with Crippen LogP contribution in [0.4, 0.5) is 5.13 Å². The van der Waals surface area contributed by atoms with Crippen LogP contribution in [0.5, 0.6) is 0 Å². The lowest BCUT2D eigenvalue weighted by atomic mass is 9.90. The Hall–Kier alpha value is -1.98. The number of nitrogens with zero attached hydrogens (tertiary/aromatic N) is 1. The maximum atomic E-state index is 12.3. The Labute approximate surface area is 159 Å². The molecule has 3 aromatic rings. The molecule has 0 saturated heterocycles. The number of hydrogen-bond donors (Lipinski definition) is 1. The third kappa shape index (κ3) is 3.67. The van der Waals surface area contributed by atoms with Gasteiger partial charge in [0.05, 0.1) is 5.69 Å². The number of nitrogens with one attached hydrogen (secondary N) is 1. The summed E-state index contributed by atoms with van der Waals surface area (Å²) in [4.78, 5) is 16.9. The van der Waals surface area contributed by atoms with E-state index in [4.69, 9.17) is 0 Å². The predicted octanol–water partition coefficient (Wildman–Crippen LogP) is 5.70. The van der Waals surface area contributed by atoms with Crippen LogP contribution in [0.3, 0.4) is 0 Å². The minimum absolute atomic E-state index is 0.146. The van der Waals surface area contributed by atoms with Crippen molar-refractivity contribution in [1.29, 1.82) is 0 Å². The number of fused-ring (bicyclic) bond motifs is 1. The zero-order valence-corrected chi connectivity index (χ0v) is 16.0. The first-order chi connectivity index (χ1) is 12.2. The van der Waals surface area contributed by atoms with E-state index in [0.717, 1.165) is 22.2 Å². The van der Waals surface area contributed by atoms with Crippen LogP contribution >= 0.6 is 27.3 Å². The molecular weight excluding hydrogens is 396 g/mol. The van der Waals surface area contributed by atoms with Gasteiger partial charge in [0, 0.05) is 21.0 Å². The topological polar surface area (TPSA) is 42.0 Å². The summed E-state index contributed by atoms with van der Waals surface area (Å²) in [7, 11) is 0. The SMILES string of the molecule is O=C(Nc1nc(-c2ccc3c(c2)CCCC3)cs1)c1cccc(Br)c1. The molecule has 3 nitrogen and oxygen atoms in total. The lowest BCUT2D eigenvalue weighted by Gasteiger charge is -2.16. The highest BCUT2D eigenvalue weighted by molar-refractivity contribution is 9.10. The molecule has 25 heavy (non-hydrogen) atoms. The van der Waals surface area contributed by atoms with Gasteiger partial charge in [0.15, 0.2) is 5.13 Å². The van der Waals surface area contributed by atoms with Crippen molar-refractivity contribution < 1.29 is 4.79 Å². The molecule has 1 aliphatic carbocycles. The molecule has 0 bridgehead atoms. The van der Waals surface area contributed by atoms with Gasteiger partial charge in [0.25, 0.3) is 5.91 Å². The van der Waals surface area contributed by atoms with E-state index in [1.54, 1.807) is 12.1 Å². The van der Waals surface area contributed by atoms with E-state index in [-0.39, 0.29) is 5.91 Å². The highest BCUT2D eigenvalue weighted by Crippen LogP contribution is 2.29. The van der Waals surface area contributed by atoms with E-state index < -0.39 is 0 Å². The standard InChI is InChI=1S/C20H17BrN2OS/c21-17-7-3-6-16(11-17)19(24)23-20-22-18(12-25-20)15-9-8-13-4-1-2-5-14(13)10-15/h3,6-12H,1-2,4-5H2,(H,22,23,24). The van der Waals surface area contributed by atoms with Gasteiger partial charge < -0.3 is 0 Å². The van der Waals surface area contributed by atoms with E-state index >= 15 is 0 Å². The number of amides is 1. The van der Waals surface area contributed by atoms with Crippen LogP contribution in [0, 0.1) is 0 Å². The van der Waals surface area contributed by atoms with Crippen LogP contribution in [-0.4, -0.2) is 10.9 Å². The van der Waals surface area contributed by atoms with Crippen molar-refractivity contribution in [2.24, 2.45) is 0 Å². The number of carbonyl (C=O) groups excluding carboxylic acids is 1. The van der Waals surface area contributed by atoms with Crippen molar-refractivity contribution in [3.63, 3.8) is 0 Å². The van der Waals surface area contributed by atoms with Crippen molar-refractivity contribution in [3.05, 3.63) is 69.0 Å². The highest BCUT2D eigenvalue weighted by atomic mass is 79.9. The molecule has 4 rings (SSSR count). The lowest BCUT2D eigenvalue weighted by Crippen LogP contribution is -2.11. The van der Waals surface area contributed by atoms with E-state index in [2.05, 4.69) is 44.4 Å². The average Bonchev–Trinajstić information content (AvgIpc) is 3.10. The third-order valence-corrected chi connectivity index (χ3v) is 5.71. The Kier molecular flexibility index (Phi) is 4.68. The molecule has 2 aromatic carbocycles. The smallest absolute Gasteiger partial charge is 0.257 e. The van der Waals surface area contributed by atoms with Gasteiger partial charge in [-0.05, 0) is 61.1 Å². The summed E-state index contributed by atoms with van der Waals surface area (Å²) in [5.74, 6) is -0.146. The second kappa shape index (κ2) is 7.10. The fourth-order valence-corrected chi connectivity index (χ4v) is 4.27. The Morgan fingerprint density at radius 3 is 2.76 bits per heavy atom. The molecule has 0 saturated carbocycles. The second-order valence-corrected chi connectivity index (χ2v) is 7.97. The number of aryl methyl sites for hydroxylation is 2. The fraction of sp³-hybridized carbons (Fsp3) is 0.200. The normalized spacial score (nSPS) is 13.3. The molecule has 1 aliphatic rings. The van der Waals surface area contributed by atoms with Gasteiger partial charge >= 0.3 is 0 Å². The largest absolute Gasteiger partial charge is 0.298 e. The lowest BCUT2D eigenvalue weighted by molar-refractivity contribution is 0.102. The fourth-order valence-electron chi connectivity index (χ4n) is 3.16. The van der Waals surface area contributed by atoms with E-state index in [1.807, 2.05) is 17.5 Å². The minimum atomic E-state index is -0.146. The molecule has 5 heteroatoms. The van der Waals surface area contributed by atoms with Gasteiger partial charge in [-0.3, -0.25) is 10.1 Å². The number of benzene rings is 2.